The van der Waals surface area contributed by atoms with Crippen LogP contribution in [0.3, 0.4) is 0 Å². The number of carbonyl (C=O) groups is 2. The average Bonchev–Trinajstić information content (AvgIpc) is 3.28. The minimum atomic E-state index is -0.664. The lowest BCUT2D eigenvalue weighted by atomic mass is 10.0. The van der Waals surface area contributed by atoms with Gasteiger partial charge in [-0.1, -0.05) is 41.8 Å². The Labute approximate surface area is 220 Å². The molecule has 35 heavy (non-hydrogen) atoms. The van der Waals surface area contributed by atoms with Gasteiger partial charge < -0.3 is 15.1 Å². The predicted octanol–water partition coefficient (Wildman–Crippen LogP) is 5.77. The molecule has 2 aromatic carbocycles. The minimum absolute atomic E-state index is 0.188. The second kappa shape index (κ2) is 12.0. The number of halogens is 3. The molecule has 9 heteroatoms. The van der Waals surface area contributed by atoms with E-state index >= 15 is 0 Å². The first kappa shape index (κ1) is 26.3. The van der Waals surface area contributed by atoms with Gasteiger partial charge in [-0.15, -0.1) is 11.8 Å². The predicted molar refractivity (Wildman–Crippen MR) is 141 cm³/mol. The second-order valence-corrected chi connectivity index (χ2v) is 11.1. The van der Waals surface area contributed by atoms with E-state index in [2.05, 4.69) is 17.1 Å². The molecular formula is C26H30Cl2FN3O2S. The first-order valence-corrected chi connectivity index (χ1v) is 13.8. The Morgan fingerprint density at radius 3 is 2.63 bits per heavy atom. The summed E-state index contributed by atoms with van der Waals surface area (Å²) in [4.78, 5) is 30.9. The van der Waals surface area contributed by atoms with Crippen LogP contribution in [-0.2, 0) is 4.79 Å². The van der Waals surface area contributed by atoms with E-state index in [9.17, 15) is 14.0 Å². The number of nitrogens with one attached hydrogen (secondary N) is 1. The van der Waals surface area contributed by atoms with Gasteiger partial charge in [-0.25, -0.2) is 4.39 Å². The van der Waals surface area contributed by atoms with Crippen LogP contribution in [0, 0.1) is 5.82 Å². The van der Waals surface area contributed by atoms with Gasteiger partial charge in [0.1, 0.15) is 17.2 Å². The van der Waals surface area contributed by atoms with E-state index in [1.807, 2.05) is 0 Å². The summed E-state index contributed by atoms with van der Waals surface area (Å²) in [6.45, 7) is 4.86. The first-order valence-electron chi connectivity index (χ1n) is 12.0. The molecule has 2 aliphatic heterocycles. The molecule has 0 saturated carbocycles. The molecule has 2 aromatic rings. The van der Waals surface area contributed by atoms with Crippen molar-refractivity contribution < 1.29 is 14.0 Å². The summed E-state index contributed by atoms with van der Waals surface area (Å²) >= 11 is 13.8. The molecule has 0 aliphatic carbocycles. The fraction of sp³-hybridized carbons (Fsp3) is 0.462. The Balaban J connectivity index is 1.47. The lowest BCUT2D eigenvalue weighted by Crippen LogP contribution is -2.48. The molecule has 2 saturated heterocycles. The highest BCUT2D eigenvalue weighted by molar-refractivity contribution is 7.99. The van der Waals surface area contributed by atoms with Gasteiger partial charge in [0, 0.05) is 29.9 Å². The van der Waals surface area contributed by atoms with Crippen LogP contribution in [-0.4, -0.2) is 59.1 Å². The molecule has 0 aromatic heterocycles. The van der Waals surface area contributed by atoms with Crippen LogP contribution in [0.5, 0.6) is 0 Å². The number of hydrogen-bond donors (Lipinski definition) is 1. The van der Waals surface area contributed by atoms with E-state index in [1.165, 1.54) is 49.2 Å². The zero-order chi connectivity index (χ0) is 24.9. The lowest BCUT2D eigenvalue weighted by molar-refractivity contribution is -0.124. The summed E-state index contributed by atoms with van der Waals surface area (Å²) in [6.07, 6.45) is 4.59. The van der Waals surface area contributed by atoms with Crippen molar-refractivity contribution in [1.29, 1.82) is 0 Å². The summed E-state index contributed by atoms with van der Waals surface area (Å²) in [6, 6.07) is 10.6. The topological polar surface area (TPSA) is 52.7 Å². The van der Waals surface area contributed by atoms with Gasteiger partial charge in [0.15, 0.2) is 0 Å². The third kappa shape index (κ3) is 6.31. The maximum atomic E-state index is 13.6. The number of benzene rings is 2. The van der Waals surface area contributed by atoms with Crippen molar-refractivity contribution in [3.63, 3.8) is 0 Å². The maximum absolute atomic E-state index is 13.6. The van der Waals surface area contributed by atoms with Crippen molar-refractivity contribution in [1.82, 2.24) is 15.1 Å². The molecule has 5 nitrogen and oxygen atoms in total. The Hall–Kier alpha value is -1.80. The van der Waals surface area contributed by atoms with E-state index in [4.69, 9.17) is 23.2 Å². The second-order valence-electron chi connectivity index (χ2n) is 9.11. The van der Waals surface area contributed by atoms with Crippen molar-refractivity contribution in [2.45, 2.75) is 50.1 Å². The number of hydrogen-bond acceptors (Lipinski definition) is 4. The fourth-order valence-corrected chi connectivity index (χ4v) is 6.66. The van der Waals surface area contributed by atoms with Gasteiger partial charge >= 0.3 is 0 Å². The van der Waals surface area contributed by atoms with Gasteiger partial charge in [0.2, 0.25) is 5.91 Å². The lowest BCUT2D eigenvalue weighted by Gasteiger charge is -2.33. The molecule has 2 fully saturated rings. The number of thioether (sulfide) groups is 1. The Morgan fingerprint density at radius 2 is 1.91 bits per heavy atom. The number of carbonyl (C=O) groups excluding carboxylic acids is 2. The molecular weight excluding hydrogens is 508 g/mol. The molecule has 2 aliphatic rings. The zero-order valence-corrected chi connectivity index (χ0v) is 22.0. The van der Waals surface area contributed by atoms with Crippen molar-refractivity contribution in [2.24, 2.45) is 0 Å². The minimum Gasteiger partial charge on any atom is -0.354 e. The van der Waals surface area contributed by atoms with Crippen LogP contribution in [0.4, 0.5) is 4.39 Å². The number of rotatable bonds is 7. The van der Waals surface area contributed by atoms with Crippen LogP contribution >= 0.6 is 35.0 Å². The van der Waals surface area contributed by atoms with Gasteiger partial charge in [-0.3, -0.25) is 9.59 Å². The van der Waals surface area contributed by atoms with Gasteiger partial charge in [0.05, 0.1) is 10.6 Å². The summed E-state index contributed by atoms with van der Waals surface area (Å²) in [7, 11) is 0. The van der Waals surface area contributed by atoms with E-state index in [-0.39, 0.29) is 28.2 Å². The number of likely N-dealkylation sites (tertiary alicyclic amines) is 1. The van der Waals surface area contributed by atoms with E-state index in [1.54, 1.807) is 29.2 Å². The summed E-state index contributed by atoms with van der Waals surface area (Å²) in [5.41, 5.74) is 1.03. The molecule has 0 bridgehead atoms. The van der Waals surface area contributed by atoms with Crippen LogP contribution in [0.2, 0.25) is 10.0 Å². The summed E-state index contributed by atoms with van der Waals surface area (Å²) in [5, 5.41) is 3.26. The maximum Gasteiger partial charge on any atom is 0.257 e. The molecule has 1 N–H and O–H groups in total. The Kier molecular flexibility index (Phi) is 8.97. The molecule has 2 amide bonds. The summed E-state index contributed by atoms with van der Waals surface area (Å²) < 4.78 is 13.5. The third-order valence-corrected chi connectivity index (χ3v) is 8.59. The van der Waals surface area contributed by atoms with Gasteiger partial charge in [-0.2, -0.15) is 0 Å². The van der Waals surface area contributed by atoms with Crippen molar-refractivity contribution in [3.05, 3.63) is 69.5 Å². The highest BCUT2D eigenvalue weighted by Gasteiger charge is 2.43. The normalized spacial score (nSPS) is 22.9. The Morgan fingerprint density at radius 1 is 1.14 bits per heavy atom. The molecule has 0 spiro atoms. The number of amides is 2. The van der Waals surface area contributed by atoms with Gasteiger partial charge in [-0.05, 0) is 68.6 Å². The molecule has 3 atom stereocenters. The SMILES string of the molecule is CC1CCCCN1CCCNC(=O)C1CSC(c2ccc(F)cc2)N1C(=O)c1ccc(Cl)cc1Cl. The number of piperidine rings is 1. The summed E-state index contributed by atoms with van der Waals surface area (Å²) in [5.74, 6) is -0.457. The monoisotopic (exact) mass is 537 g/mol. The third-order valence-electron chi connectivity index (χ3n) is 6.72. The first-order chi connectivity index (χ1) is 16.8. The molecule has 2 heterocycles. The van der Waals surface area contributed by atoms with Crippen LogP contribution < -0.4 is 5.32 Å². The van der Waals surface area contributed by atoms with Crippen molar-refractivity contribution >= 4 is 46.8 Å². The highest BCUT2D eigenvalue weighted by Crippen LogP contribution is 2.43. The molecule has 0 radical (unpaired) electrons. The highest BCUT2D eigenvalue weighted by atomic mass is 35.5. The van der Waals surface area contributed by atoms with Crippen molar-refractivity contribution in [3.8, 4) is 0 Å². The van der Waals surface area contributed by atoms with E-state index < -0.39 is 11.4 Å². The van der Waals surface area contributed by atoms with Crippen molar-refractivity contribution in [2.75, 3.05) is 25.4 Å². The fourth-order valence-electron chi connectivity index (χ4n) is 4.74. The van der Waals surface area contributed by atoms with Crippen LogP contribution in [0.1, 0.15) is 53.9 Å². The number of nitrogens with zero attached hydrogens (tertiary/aromatic N) is 2. The van der Waals surface area contributed by atoms with Crippen LogP contribution in [0.25, 0.3) is 0 Å². The standard InChI is InChI=1S/C26H30Cl2FN3O2S/c1-17-5-2-3-13-31(17)14-4-12-30-24(33)23-16-35-26(18-6-9-20(29)10-7-18)32(23)25(34)21-11-8-19(27)15-22(21)28/h6-11,15,17,23,26H,2-5,12-14,16H2,1H3,(H,30,33). The smallest absolute Gasteiger partial charge is 0.257 e. The zero-order valence-electron chi connectivity index (χ0n) is 19.7. The molecule has 188 valence electrons. The Bertz CT molecular complexity index is 1060. The average molecular weight is 539 g/mol. The van der Waals surface area contributed by atoms with Gasteiger partial charge in [0.25, 0.3) is 5.91 Å². The largest absolute Gasteiger partial charge is 0.354 e. The van der Waals surface area contributed by atoms with Crippen LogP contribution in [0.15, 0.2) is 42.5 Å². The molecule has 4 rings (SSSR count). The molecule has 3 unspecified atom stereocenters. The van der Waals surface area contributed by atoms with E-state index in [0.29, 0.717) is 23.4 Å². The quantitative estimate of drug-likeness (QED) is 0.455. The van der Waals surface area contributed by atoms with E-state index in [0.717, 1.165) is 25.1 Å².